The molecule has 2 aromatic carbocycles. The van der Waals surface area contributed by atoms with E-state index in [-0.39, 0.29) is 25.0 Å². The zero-order valence-corrected chi connectivity index (χ0v) is 19.7. The van der Waals surface area contributed by atoms with Gasteiger partial charge in [0.2, 0.25) is 6.79 Å². The number of hydrogen-bond acceptors (Lipinski definition) is 10. The molecule has 2 heterocycles. The molecule has 1 aromatic heterocycles. The summed E-state index contributed by atoms with van der Waals surface area (Å²) < 4.78 is 39.3. The molecule has 0 fully saturated rings. The lowest BCUT2D eigenvalue weighted by Gasteiger charge is -2.19. The normalized spacial score (nSPS) is 13.9. The highest BCUT2D eigenvalue weighted by atomic mass is 32.2. The maximum Gasteiger partial charge on any atom is 0.269 e. The average Bonchev–Trinajstić information content (AvgIpc) is 3.30. The van der Waals surface area contributed by atoms with Gasteiger partial charge >= 0.3 is 0 Å². The first kappa shape index (κ1) is 24.1. The molecule has 0 saturated heterocycles. The van der Waals surface area contributed by atoms with Gasteiger partial charge in [-0.05, 0) is 42.0 Å². The number of ether oxygens (including phenoxy) is 2. The summed E-state index contributed by atoms with van der Waals surface area (Å²) in [6.45, 7) is 1.75. The Hall–Kier alpha value is -4.03. The summed E-state index contributed by atoms with van der Waals surface area (Å²) in [4.78, 5) is 14.9. The van der Waals surface area contributed by atoms with Crippen LogP contribution in [0.15, 0.2) is 65.9 Å². The van der Waals surface area contributed by atoms with Gasteiger partial charge in [-0.25, -0.2) is 4.98 Å². The molecule has 0 amide bonds. The highest BCUT2D eigenvalue weighted by Gasteiger charge is 2.25. The maximum atomic E-state index is 11.6. The van der Waals surface area contributed by atoms with E-state index in [1.807, 2.05) is 6.92 Å². The Morgan fingerprint density at radius 3 is 2.54 bits per heavy atom. The van der Waals surface area contributed by atoms with E-state index in [2.05, 4.69) is 15.5 Å². The van der Waals surface area contributed by atoms with Gasteiger partial charge in [0.25, 0.3) is 15.8 Å². The Bertz CT molecular complexity index is 1360. The van der Waals surface area contributed by atoms with Crippen molar-refractivity contribution in [2.24, 2.45) is 5.10 Å². The van der Waals surface area contributed by atoms with Crippen LogP contribution in [0.4, 0.5) is 11.5 Å². The number of hydrazone groups is 1. The third kappa shape index (κ3) is 5.91. The number of nitro benzene ring substituents is 1. The lowest BCUT2D eigenvalue weighted by molar-refractivity contribution is -0.384. The van der Waals surface area contributed by atoms with Gasteiger partial charge in [-0.15, -0.1) is 0 Å². The smallest absolute Gasteiger partial charge is 0.269 e. The second-order valence-corrected chi connectivity index (χ2v) is 9.42. The predicted octanol–water partition coefficient (Wildman–Crippen LogP) is 3.66. The zero-order valence-electron chi connectivity index (χ0n) is 18.9. The number of non-ortho nitro benzene ring substituents is 1. The molecule has 0 spiro atoms. The number of pyridine rings is 1. The first-order chi connectivity index (χ1) is 16.7. The van der Waals surface area contributed by atoms with E-state index < -0.39 is 15.0 Å². The van der Waals surface area contributed by atoms with Gasteiger partial charge < -0.3 is 9.47 Å². The Kier molecular flexibility index (Phi) is 6.94. The van der Waals surface area contributed by atoms with Crippen LogP contribution in [-0.4, -0.2) is 43.7 Å². The van der Waals surface area contributed by atoms with Gasteiger partial charge in [-0.3, -0.25) is 19.7 Å². The number of anilines is 1. The molecule has 1 aliphatic rings. The summed E-state index contributed by atoms with van der Waals surface area (Å²) in [5.41, 5.74) is 5.16. The van der Waals surface area contributed by atoms with Gasteiger partial charge in [0, 0.05) is 35.4 Å². The van der Waals surface area contributed by atoms with E-state index in [1.54, 1.807) is 48.7 Å². The van der Waals surface area contributed by atoms with E-state index in [4.69, 9.17) is 13.7 Å². The molecule has 3 aromatic rings. The Labute approximate surface area is 201 Å². The fourth-order valence-electron chi connectivity index (χ4n) is 3.45. The van der Waals surface area contributed by atoms with Crippen LogP contribution in [0, 0.1) is 10.1 Å². The molecular weight excluding hydrogens is 476 g/mol. The van der Waals surface area contributed by atoms with Gasteiger partial charge in [0.05, 0.1) is 23.5 Å². The molecule has 1 N–H and O–H groups in total. The number of aromatic nitrogens is 1. The minimum atomic E-state index is -3.65. The minimum absolute atomic E-state index is 0.0443. The highest BCUT2D eigenvalue weighted by Crippen LogP contribution is 2.38. The molecule has 1 unspecified atom stereocenters. The fourth-order valence-corrected chi connectivity index (χ4v) is 3.90. The van der Waals surface area contributed by atoms with Crippen LogP contribution in [0.5, 0.6) is 11.5 Å². The Balaban J connectivity index is 1.83. The van der Waals surface area contributed by atoms with Crippen LogP contribution in [0.2, 0.25) is 0 Å². The van der Waals surface area contributed by atoms with Crippen LogP contribution < -0.4 is 14.9 Å². The molecular formula is C23H22N4O7S. The van der Waals surface area contributed by atoms with E-state index in [0.29, 0.717) is 39.7 Å². The second-order valence-electron chi connectivity index (χ2n) is 7.77. The third-order valence-electron chi connectivity index (χ3n) is 5.16. The molecule has 1 aliphatic heterocycles. The van der Waals surface area contributed by atoms with Crippen molar-refractivity contribution >= 4 is 27.3 Å². The second kappa shape index (κ2) is 10.1. The van der Waals surface area contributed by atoms with Gasteiger partial charge in [0.1, 0.15) is 5.82 Å². The van der Waals surface area contributed by atoms with Crippen molar-refractivity contribution in [3.05, 3.63) is 87.6 Å². The molecule has 182 valence electrons. The van der Waals surface area contributed by atoms with Crippen LogP contribution in [-0.2, 0) is 14.3 Å². The lowest BCUT2D eigenvalue weighted by Crippen LogP contribution is -2.15. The molecule has 1 atom stereocenters. The first-order valence-corrected chi connectivity index (χ1v) is 12.3. The van der Waals surface area contributed by atoms with E-state index in [9.17, 15) is 18.5 Å². The number of nitro groups is 1. The highest BCUT2D eigenvalue weighted by molar-refractivity contribution is 7.85. The number of fused-ring (bicyclic) bond motifs is 1. The average molecular weight is 499 g/mol. The summed E-state index contributed by atoms with van der Waals surface area (Å²) in [6, 6.07) is 14.7. The minimum Gasteiger partial charge on any atom is -0.454 e. The van der Waals surface area contributed by atoms with Gasteiger partial charge in [-0.1, -0.05) is 13.0 Å². The maximum absolute atomic E-state index is 11.6. The third-order valence-corrected chi connectivity index (χ3v) is 5.73. The molecule has 35 heavy (non-hydrogen) atoms. The van der Waals surface area contributed by atoms with Gasteiger partial charge in [0.15, 0.2) is 11.5 Å². The number of hydrogen-bond donors (Lipinski definition) is 1. The summed E-state index contributed by atoms with van der Waals surface area (Å²) >= 11 is 0. The van der Waals surface area contributed by atoms with Gasteiger partial charge in [-0.2, -0.15) is 13.5 Å². The lowest BCUT2D eigenvalue weighted by atomic mass is 9.90. The zero-order chi connectivity index (χ0) is 25.0. The van der Waals surface area contributed by atoms with Crippen LogP contribution in [0.3, 0.4) is 0 Å². The molecule has 0 bridgehead atoms. The summed E-state index contributed by atoms with van der Waals surface area (Å²) in [5.74, 6) is 1.11. The van der Waals surface area contributed by atoms with E-state index in [1.165, 1.54) is 12.1 Å². The number of rotatable bonds is 9. The largest absolute Gasteiger partial charge is 0.454 e. The summed E-state index contributed by atoms with van der Waals surface area (Å²) in [7, 11) is -3.65. The summed E-state index contributed by atoms with van der Waals surface area (Å²) in [6.07, 6.45) is 2.60. The standard InChI is InChI=1S/C23H22N4O7S/c1-15(13-34-35(2,30)31)18-11-20-21(33-14-32-20)12-19(18)23(26-25-22-5-3-4-10-24-22)16-6-8-17(9-7-16)27(28)29/h3-12,15H,13-14H2,1-2H3,(H,24,25)/b26-23+. The number of nitrogens with zero attached hydrogens (tertiary/aromatic N) is 3. The fraction of sp³-hybridized carbons (Fsp3) is 0.217. The van der Waals surface area contributed by atoms with Crippen molar-refractivity contribution in [2.45, 2.75) is 12.8 Å². The molecule has 0 radical (unpaired) electrons. The Morgan fingerprint density at radius 1 is 1.20 bits per heavy atom. The molecule has 12 heteroatoms. The SMILES string of the molecule is CC(COS(C)(=O)=O)c1cc2c(cc1/C(=N/Nc1ccccn1)c1ccc([N+](=O)[O-])cc1)OCO2. The van der Waals surface area contributed by atoms with Crippen LogP contribution >= 0.6 is 0 Å². The number of benzene rings is 2. The molecule has 11 nitrogen and oxygen atoms in total. The van der Waals surface area contributed by atoms with Crippen LogP contribution in [0.1, 0.15) is 29.5 Å². The van der Waals surface area contributed by atoms with Crippen molar-refractivity contribution in [1.29, 1.82) is 0 Å². The molecule has 4 rings (SSSR count). The number of nitrogens with one attached hydrogen (secondary N) is 1. The van der Waals surface area contributed by atoms with Crippen molar-refractivity contribution in [3.8, 4) is 11.5 Å². The predicted molar refractivity (Wildman–Crippen MR) is 128 cm³/mol. The molecule has 0 saturated carbocycles. The van der Waals surface area contributed by atoms with Crippen molar-refractivity contribution in [2.75, 3.05) is 25.1 Å². The quantitative estimate of drug-likeness (QED) is 0.202. The van der Waals surface area contributed by atoms with Crippen molar-refractivity contribution in [3.63, 3.8) is 0 Å². The monoisotopic (exact) mass is 498 g/mol. The van der Waals surface area contributed by atoms with E-state index >= 15 is 0 Å². The van der Waals surface area contributed by atoms with Crippen molar-refractivity contribution < 1.29 is 27.0 Å². The van der Waals surface area contributed by atoms with E-state index in [0.717, 1.165) is 6.26 Å². The summed E-state index contributed by atoms with van der Waals surface area (Å²) in [5, 5.41) is 15.7. The topological polar surface area (TPSA) is 142 Å². The molecule has 0 aliphatic carbocycles. The van der Waals surface area contributed by atoms with Crippen LogP contribution in [0.25, 0.3) is 0 Å². The van der Waals surface area contributed by atoms with Crippen molar-refractivity contribution in [1.82, 2.24) is 4.98 Å². The Morgan fingerprint density at radius 2 is 1.91 bits per heavy atom. The first-order valence-electron chi connectivity index (χ1n) is 10.5.